The molecule has 4 rings (SSSR count). The van der Waals surface area contributed by atoms with Crippen molar-refractivity contribution in [2.24, 2.45) is 11.8 Å². The van der Waals surface area contributed by atoms with Gasteiger partial charge in [0.05, 0.1) is 38.3 Å². The molecule has 1 atom stereocenters. The van der Waals surface area contributed by atoms with Gasteiger partial charge in [0.1, 0.15) is 11.5 Å². The van der Waals surface area contributed by atoms with Crippen LogP contribution in [0.25, 0.3) is 0 Å². The molecule has 2 saturated heterocycles. The van der Waals surface area contributed by atoms with Crippen molar-refractivity contribution in [2.45, 2.75) is 78.1 Å². The van der Waals surface area contributed by atoms with E-state index in [0.29, 0.717) is 13.2 Å². The number of esters is 2. The zero-order valence-electron chi connectivity index (χ0n) is 28.4. The van der Waals surface area contributed by atoms with Gasteiger partial charge in [0.25, 0.3) is 0 Å². The van der Waals surface area contributed by atoms with E-state index in [4.69, 9.17) is 18.9 Å². The average Bonchev–Trinajstić information content (AvgIpc) is 3.09. The summed E-state index contributed by atoms with van der Waals surface area (Å²) >= 11 is 0. The Morgan fingerprint density at radius 2 is 1.11 bits per heavy atom. The van der Waals surface area contributed by atoms with E-state index >= 15 is 0 Å². The van der Waals surface area contributed by atoms with Gasteiger partial charge in [-0.1, -0.05) is 36.4 Å². The summed E-state index contributed by atoms with van der Waals surface area (Å²) in [4.78, 5) is 28.4. The molecule has 0 bridgehead atoms. The van der Waals surface area contributed by atoms with E-state index in [1.54, 1.807) is 0 Å². The Hall–Kier alpha value is -3.10. The quantitative estimate of drug-likeness (QED) is 0.127. The minimum atomic E-state index is -0.0199. The highest BCUT2D eigenvalue weighted by molar-refractivity contribution is 5.73. The van der Waals surface area contributed by atoms with Crippen molar-refractivity contribution in [3.63, 3.8) is 0 Å². The van der Waals surface area contributed by atoms with Gasteiger partial charge in [-0.05, 0) is 135 Å². The molecule has 0 aliphatic carbocycles. The van der Waals surface area contributed by atoms with Crippen LogP contribution in [0.4, 0.5) is 0 Å². The van der Waals surface area contributed by atoms with E-state index < -0.39 is 0 Å². The zero-order valence-corrected chi connectivity index (χ0v) is 28.4. The molecule has 0 spiro atoms. The topological polar surface area (TPSA) is 77.5 Å². The lowest BCUT2D eigenvalue weighted by Gasteiger charge is -2.31. The summed E-state index contributed by atoms with van der Waals surface area (Å²) in [5, 5.41) is 0. The van der Waals surface area contributed by atoms with Crippen molar-refractivity contribution in [1.29, 1.82) is 0 Å². The zero-order chi connectivity index (χ0) is 32.7. The van der Waals surface area contributed by atoms with Crippen LogP contribution in [-0.2, 0) is 19.1 Å². The van der Waals surface area contributed by atoms with Gasteiger partial charge < -0.3 is 28.7 Å². The van der Waals surface area contributed by atoms with Crippen LogP contribution in [0.3, 0.4) is 0 Å². The summed E-state index contributed by atoms with van der Waals surface area (Å²) in [7, 11) is 0. The minimum absolute atomic E-state index is 0.00906. The van der Waals surface area contributed by atoms with Crippen molar-refractivity contribution < 1.29 is 28.5 Å². The van der Waals surface area contributed by atoms with Crippen molar-refractivity contribution in [2.75, 3.05) is 65.7 Å². The first kappa shape index (κ1) is 37.4. The Kier molecular flexibility index (Phi) is 18.9. The first-order valence-electron chi connectivity index (χ1n) is 17.7. The van der Waals surface area contributed by atoms with E-state index in [1.165, 1.54) is 12.8 Å². The number of rotatable bonds is 18. The van der Waals surface area contributed by atoms with Crippen LogP contribution in [-0.4, -0.2) is 87.4 Å². The lowest BCUT2D eigenvalue weighted by Crippen LogP contribution is -2.39. The lowest BCUT2D eigenvalue weighted by atomic mass is 9.97. The van der Waals surface area contributed by atoms with Crippen LogP contribution in [0, 0.1) is 11.8 Å². The number of piperidine rings is 2. The number of carbonyl (C=O) groups is 2. The molecule has 8 nitrogen and oxygen atoms in total. The fraction of sp³-hybridized carbons (Fsp3) is 0.632. The second-order valence-electron chi connectivity index (χ2n) is 12.2. The van der Waals surface area contributed by atoms with Crippen LogP contribution in [0.5, 0.6) is 11.5 Å². The molecule has 2 aromatic rings. The Labute approximate surface area is 277 Å². The van der Waals surface area contributed by atoms with Gasteiger partial charge in [0, 0.05) is 6.54 Å². The van der Waals surface area contributed by atoms with Crippen molar-refractivity contribution in [3.05, 3.63) is 60.7 Å². The first-order valence-corrected chi connectivity index (χ1v) is 17.7. The maximum Gasteiger partial charge on any atom is 0.310 e. The molecule has 0 N–H and O–H groups in total. The van der Waals surface area contributed by atoms with Crippen LogP contribution in [0.1, 0.15) is 78.1 Å². The third-order valence-corrected chi connectivity index (χ3v) is 8.59. The van der Waals surface area contributed by atoms with Gasteiger partial charge in [-0.2, -0.15) is 0 Å². The van der Waals surface area contributed by atoms with Gasteiger partial charge in [-0.15, -0.1) is 0 Å². The van der Waals surface area contributed by atoms with E-state index in [0.717, 1.165) is 115 Å². The molecule has 0 saturated carbocycles. The Morgan fingerprint density at radius 3 is 1.63 bits per heavy atom. The molecule has 46 heavy (non-hydrogen) atoms. The third-order valence-electron chi connectivity index (χ3n) is 8.59. The number of unbranched alkanes of at least 4 members (excludes halogenated alkanes) is 4. The molecule has 0 aromatic heterocycles. The van der Waals surface area contributed by atoms with E-state index in [9.17, 15) is 9.59 Å². The summed E-state index contributed by atoms with van der Waals surface area (Å²) in [6.45, 7) is 12.5. The molecule has 0 radical (unpaired) electrons. The molecule has 2 aliphatic rings. The van der Waals surface area contributed by atoms with Crippen LogP contribution in [0.2, 0.25) is 0 Å². The third kappa shape index (κ3) is 15.5. The second kappa shape index (κ2) is 23.3. The van der Waals surface area contributed by atoms with Crippen molar-refractivity contribution >= 4 is 11.9 Å². The molecule has 8 heteroatoms. The number of likely N-dealkylation sites (tertiary alicyclic amines) is 2. The second-order valence-corrected chi connectivity index (χ2v) is 12.2. The molecule has 2 aliphatic heterocycles. The van der Waals surface area contributed by atoms with Gasteiger partial charge in [0.2, 0.25) is 0 Å². The highest BCUT2D eigenvalue weighted by Gasteiger charge is 2.27. The highest BCUT2D eigenvalue weighted by atomic mass is 16.5. The maximum absolute atomic E-state index is 11.8. The largest absolute Gasteiger partial charge is 0.494 e. The predicted molar refractivity (Wildman–Crippen MR) is 183 cm³/mol. The smallest absolute Gasteiger partial charge is 0.310 e. The highest BCUT2D eigenvalue weighted by Crippen LogP contribution is 2.20. The van der Waals surface area contributed by atoms with Gasteiger partial charge >= 0.3 is 11.9 Å². The number of hydrogen-bond acceptors (Lipinski definition) is 8. The van der Waals surface area contributed by atoms with Gasteiger partial charge in [-0.25, -0.2) is 0 Å². The molecule has 0 amide bonds. The molecule has 2 aromatic carbocycles. The van der Waals surface area contributed by atoms with Gasteiger partial charge in [-0.3, -0.25) is 9.59 Å². The fourth-order valence-corrected chi connectivity index (χ4v) is 6.01. The summed E-state index contributed by atoms with van der Waals surface area (Å²) in [5.41, 5.74) is 0. The SMILES string of the molecule is CCOC(=O)C1CCCN(CCCCCOc2ccccc2)C1.CCOC(=O)C1CCN(CCCCCOc2ccccc2)CC1. The predicted octanol–water partition coefficient (Wildman–Crippen LogP) is 7.02. The van der Waals surface area contributed by atoms with Crippen molar-refractivity contribution in [3.8, 4) is 11.5 Å². The number of nitrogens with zero attached hydrogens (tertiary/aromatic N) is 2. The number of benzene rings is 2. The minimum Gasteiger partial charge on any atom is -0.494 e. The maximum atomic E-state index is 11.8. The average molecular weight is 639 g/mol. The Bertz CT molecular complexity index is 1060. The van der Waals surface area contributed by atoms with E-state index in [2.05, 4.69) is 9.80 Å². The summed E-state index contributed by atoms with van der Waals surface area (Å²) in [5.74, 6) is 2.06. The normalized spacial score (nSPS) is 17.4. The number of para-hydroxylation sites is 2. The van der Waals surface area contributed by atoms with E-state index in [-0.39, 0.29) is 23.8 Å². The molecular weight excluding hydrogens is 580 g/mol. The monoisotopic (exact) mass is 638 g/mol. The molecule has 2 fully saturated rings. The van der Waals surface area contributed by atoms with E-state index in [1.807, 2.05) is 74.5 Å². The molecule has 256 valence electrons. The lowest BCUT2D eigenvalue weighted by molar-refractivity contribution is -0.150. The summed E-state index contributed by atoms with van der Waals surface area (Å²) in [6, 6.07) is 19.9. The first-order chi connectivity index (χ1) is 22.6. The molecular formula is C38H58N2O6. The molecule has 2 heterocycles. The van der Waals surface area contributed by atoms with Crippen LogP contribution in [0.15, 0.2) is 60.7 Å². The molecule has 1 unspecified atom stereocenters. The number of ether oxygens (including phenoxy) is 4. The Morgan fingerprint density at radius 1 is 0.609 bits per heavy atom. The van der Waals surface area contributed by atoms with Crippen LogP contribution >= 0.6 is 0 Å². The number of carbonyl (C=O) groups excluding carboxylic acids is 2. The summed E-state index contributed by atoms with van der Waals surface area (Å²) in [6.07, 6.45) is 10.8. The standard InChI is InChI=1S/2C19H29NO3/c1-2-22-19(21)17-10-9-14-20(16-17)13-7-4-8-15-23-18-11-5-3-6-12-18;1-2-22-19(21)17-11-14-20(15-12-17)13-7-4-8-16-23-18-9-5-3-6-10-18/h3,5-6,11-12,17H,2,4,7-10,13-16H2,1H3;3,5-6,9-10,17H,2,4,7-8,11-16H2,1H3. The van der Waals surface area contributed by atoms with Gasteiger partial charge in [0.15, 0.2) is 0 Å². The Balaban J connectivity index is 0.000000250. The fourth-order valence-electron chi connectivity index (χ4n) is 6.01. The van der Waals surface area contributed by atoms with Crippen molar-refractivity contribution in [1.82, 2.24) is 9.80 Å². The van der Waals surface area contributed by atoms with Crippen LogP contribution < -0.4 is 9.47 Å². The summed E-state index contributed by atoms with van der Waals surface area (Å²) < 4.78 is 21.6. The number of hydrogen-bond donors (Lipinski definition) is 0.